The SMILES string of the molecule is COC(=O)C[C@H]1CC[C@@H](CNC(=O)Cc2c(C)nn(-c3ccccc3)c2C)N1C. The Labute approximate surface area is 172 Å². The molecule has 156 valence electrons. The Morgan fingerprint density at radius 3 is 2.55 bits per heavy atom. The van der Waals surface area contributed by atoms with Crippen molar-refractivity contribution in [1.82, 2.24) is 20.0 Å². The number of nitrogens with zero attached hydrogens (tertiary/aromatic N) is 3. The first kappa shape index (κ1) is 21.0. The number of carbonyl (C=O) groups is 2. The minimum Gasteiger partial charge on any atom is -0.469 e. The van der Waals surface area contributed by atoms with E-state index in [1.807, 2.05) is 55.9 Å². The fraction of sp³-hybridized carbons (Fsp3) is 0.500. The van der Waals surface area contributed by atoms with Gasteiger partial charge in [-0.15, -0.1) is 0 Å². The van der Waals surface area contributed by atoms with Gasteiger partial charge in [0.1, 0.15) is 0 Å². The highest BCUT2D eigenvalue weighted by Crippen LogP contribution is 2.24. The molecule has 1 N–H and O–H groups in total. The summed E-state index contributed by atoms with van der Waals surface area (Å²) in [6.07, 6.45) is 2.61. The molecule has 1 amide bonds. The Morgan fingerprint density at radius 1 is 1.17 bits per heavy atom. The summed E-state index contributed by atoms with van der Waals surface area (Å²) in [6.45, 7) is 4.52. The van der Waals surface area contributed by atoms with E-state index in [0.29, 0.717) is 19.4 Å². The van der Waals surface area contributed by atoms with Gasteiger partial charge < -0.3 is 10.1 Å². The Hall–Kier alpha value is -2.67. The van der Waals surface area contributed by atoms with Crippen molar-refractivity contribution in [3.05, 3.63) is 47.3 Å². The summed E-state index contributed by atoms with van der Waals surface area (Å²) in [5.41, 5.74) is 3.82. The number of carbonyl (C=O) groups excluding carboxylic acids is 2. The van der Waals surface area contributed by atoms with E-state index >= 15 is 0 Å². The van der Waals surface area contributed by atoms with Gasteiger partial charge in [0.2, 0.25) is 5.91 Å². The minimum atomic E-state index is -0.187. The van der Waals surface area contributed by atoms with E-state index in [0.717, 1.165) is 35.5 Å². The third-order valence-corrected chi connectivity index (χ3v) is 5.93. The van der Waals surface area contributed by atoms with Crippen molar-refractivity contribution < 1.29 is 14.3 Å². The predicted molar refractivity (Wildman–Crippen MR) is 111 cm³/mol. The Bertz CT molecular complexity index is 862. The molecule has 7 heteroatoms. The highest BCUT2D eigenvalue weighted by molar-refractivity contribution is 5.79. The molecule has 0 saturated carbocycles. The normalized spacial score (nSPS) is 19.3. The summed E-state index contributed by atoms with van der Waals surface area (Å²) < 4.78 is 6.66. The molecule has 29 heavy (non-hydrogen) atoms. The molecule has 7 nitrogen and oxygen atoms in total. The van der Waals surface area contributed by atoms with E-state index in [2.05, 4.69) is 15.3 Å². The molecule has 3 rings (SSSR count). The molecule has 1 aromatic heterocycles. The van der Waals surface area contributed by atoms with Crippen LogP contribution in [-0.4, -0.2) is 59.3 Å². The maximum Gasteiger partial charge on any atom is 0.307 e. The van der Waals surface area contributed by atoms with Crippen LogP contribution in [0.3, 0.4) is 0 Å². The molecule has 0 aliphatic carbocycles. The smallest absolute Gasteiger partial charge is 0.307 e. The second-order valence-corrected chi connectivity index (χ2v) is 7.71. The predicted octanol–water partition coefficient (Wildman–Crippen LogP) is 2.17. The van der Waals surface area contributed by atoms with E-state index in [-0.39, 0.29) is 24.0 Å². The minimum absolute atomic E-state index is 0.00590. The number of rotatable bonds is 7. The number of ether oxygens (including phenoxy) is 1. The van der Waals surface area contributed by atoms with Crippen molar-refractivity contribution in [3.8, 4) is 5.69 Å². The van der Waals surface area contributed by atoms with E-state index < -0.39 is 0 Å². The van der Waals surface area contributed by atoms with Crippen LogP contribution < -0.4 is 5.32 Å². The van der Waals surface area contributed by atoms with Crippen LogP contribution in [0.25, 0.3) is 5.69 Å². The van der Waals surface area contributed by atoms with Gasteiger partial charge in [-0.05, 0) is 45.9 Å². The molecule has 1 aliphatic heterocycles. The van der Waals surface area contributed by atoms with Crippen LogP contribution in [0.15, 0.2) is 30.3 Å². The van der Waals surface area contributed by atoms with Gasteiger partial charge in [-0.3, -0.25) is 14.5 Å². The number of nitrogens with one attached hydrogen (secondary N) is 1. The molecule has 2 heterocycles. The van der Waals surface area contributed by atoms with Gasteiger partial charge in [0.15, 0.2) is 0 Å². The summed E-state index contributed by atoms with van der Waals surface area (Å²) in [5.74, 6) is -0.193. The Balaban J connectivity index is 1.57. The number of para-hydroxylation sites is 1. The lowest BCUT2D eigenvalue weighted by Crippen LogP contribution is -2.42. The lowest BCUT2D eigenvalue weighted by atomic mass is 10.1. The summed E-state index contributed by atoms with van der Waals surface area (Å²) in [6, 6.07) is 10.3. The first-order valence-corrected chi connectivity index (χ1v) is 10.1. The summed E-state index contributed by atoms with van der Waals surface area (Å²) in [4.78, 5) is 26.3. The third-order valence-electron chi connectivity index (χ3n) is 5.93. The maximum atomic E-state index is 12.6. The summed E-state index contributed by atoms with van der Waals surface area (Å²) >= 11 is 0. The van der Waals surface area contributed by atoms with Crippen LogP contribution >= 0.6 is 0 Å². The lowest BCUT2D eigenvalue weighted by molar-refractivity contribution is -0.141. The Kier molecular flexibility index (Phi) is 6.69. The average molecular weight is 399 g/mol. The number of esters is 1. The average Bonchev–Trinajstić information content (AvgIpc) is 3.21. The molecule has 1 saturated heterocycles. The molecule has 0 radical (unpaired) electrons. The largest absolute Gasteiger partial charge is 0.469 e. The zero-order valence-electron chi connectivity index (χ0n) is 17.6. The van der Waals surface area contributed by atoms with Crippen LogP contribution in [-0.2, 0) is 20.7 Å². The second kappa shape index (κ2) is 9.22. The molecule has 0 bridgehead atoms. The second-order valence-electron chi connectivity index (χ2n) is 7.71. The highest BCUT2D eigenvalue weighted by Gasteiger charge is 2.32. The number of likely N-dealkylation sites (N-methyl/N-ethyl adjacent to an activating group) is 1. The Morgan fingerprint density at radius 2 is 1.86 bits per heavy atom. The molecular weight excluding hydrogens is 368 g/mol. The maximum absolute atomic E-state index is 12.6. The van der Waals surface area contributed by atoms with Gasteiger partial charge in [-0.2, -0.15) is 5.10 Å². The fourth-order valence-corrected chi connectivity index (χ4v) is 4.06. The van der Waals surface area contributed by atoms with Gasteiger partial charge in [-0.1, -0.05) is 18.2 Å². The molecule has 2 atom stereocenters. The molecule has 2 aromatic rings. The zero-order valence-corrected chi connectivity index (χ0v) is 17.6. The molecule has 1 aliphatic rings. The first-order chi connectivity index (χ1) is 13.9. The molecule has 0 spiro atoms. The van der Waals surface area contributed by atoms with Crippen molar-refractivity contribution in [1.29, 1.82) is 0 Å². The molecule has 1 aromatic carbocycles. The third kappa shape index (κ3) is 4.85. The van der Waals surface area contributed by atoms with Gasteiger partial charge in [0.25, 0.3) is 0 Å². The van der Waals surface area contributed by atoms with Crippen LogP contribution in [0.1, 0.15) is 36.2 Å². The van der Waals surface area contributed by atoms with E-state index in [4.69, 9.17) is 4.74 Å². The standard InChI is InChI=1S/C22H30N4O3/c1-15-20(16(2)26(24-15)17-8-6-5-7-9-17)13-21(27)23-14-19-11-10-18(25(19)3)12-22(28)29-4/h5-9,18-19H,10-14H2,1-4H3,(H,23,27)/t18-,19+/m1/s1. The quantitative estimate of drug-likeness (QED) is 0.724. The number of benzene rings is 1. The van der Waals surface area contributed by atoms with Crippen LogP contribution in [0.5, 0.6) is 0 Å². The number of methoxy groups -OCH3 is 1. The number of aromatic nitrogens is 2. The zero-order chi connectivity index (χ0) is 21.0. The van der Waals surface area contributed by atoms with Crippen molar-refractivity contribution in [2.24, 2.45) is 0 Å². The molecule has 0 unspecified atom stereocenters. The summed E-state index contributed by atoms with van der Waals surface area (Å²) in [7, 11) is 3.43. The van der Waals surface area contributed by atoms with Crippen molar-refractivity contribution in [2.75, 3.05) is 20.7 Å². The monoisotopic (exact) mass is 398 g/mol. The van der Waals surface area contributed by atoms with Crippen molar-refractivity contribution in [2.45, 2.75) is 51.6 Å². The number of hydrogen-bond donors (Lipinski definition) is 1. The van der Waals surface area contributed by atoms with Gasteiger partial charge in [-0.25, -0.2) is 4.68 Å². The van der Waals surface area contributed by atoms with Gasteiger partial charge in [0.05, 0.1) is 31.3 Å². The number of aryl methyl sites for hydroxylation is 1. The van der Waals surface area contributed by atoms with Crippen molar-refractivity contribution >= 4 is 11.9 Å². The van der Waals surface area contributed by atoms with Gasteiger partial charge in [0, 0.05) is 29.9 Å². The van der Waals surface area contributed by atoms with E-state index in [1.54, 1.807) is 0 Å². The van der Waals surface area contributed by atoms with Crippen LogP contribution in [0.2, 0.25) is 0 Å². The van der Waals surface area contributed by atoms with E-state index in [1.165, 1.54) is 7.11 Å². The first-order valence-electron chi connectivity index (χ1n) is 10.1. The lowest BCUT2D eigenvalue weighted by Gasteiger charge is -2.25. The molecule has 1 fully saturated rings. The van der Waals surface area contributed by atoms with E-state index in [9.17, 15) is 9.59 Å². The fourth-order valence-electron chi connectivity index (χ4n) is 4.06. The van der Waals surface area contributed by atoms with Crippen LogP contribution in [0.4, 0.5) is 0 Å². The number of likely N-dealkylation sites (tertiary alicyclic amines) is 1. The number of hydrogen-bond acceptors (Lipinski definition) is 5. The molecular formula is C22H30N4O3. The summed E-state index contributed by atoms with van der Waals surface area (Å²) in [5, 5.41) is 7.67. The van der Waals surface area contributed by atoms with Gasteiger partial charge >= 0.3 is 5.97 Å². The highest BCUT2D eigenvalue weighted by atomic mass is 16.5. The topological polar surface area (TPSA) is 76.5 Å². The van der Waals surface area contributed by atoms with Crippen LogP contribution in [0, 0.1) is 13.8 Å². The van der Waals surface area contributed by atoms with Crippen molar-refractivity contribution in [3.63, 3.8) is 0 Å². The number of amides is 1.